The molecule has 8 heteroatoms. The molecule has 0 bridgehead atoms. The van der Waals surface area contributed by atoms with Crippen LogP contribution < -0.4 is 5.32 Å². The second kappa shape index (κ2) is 7.72. The summed E-state index contributed by atoms with van der Waals surface area (Å²) >= 11 is 9.39. The van der Waals surface area contributed by atoms with Crippen LogP contribution in [0.2, 0.25) is 5.02 Å². The molecule has 1 atom stereocenters. The molecule has 1 unspecified atom stereocenters. The number of hydrogen-bond acceptors (Lipinski definition) is 5. The summed E-state index contributed by atoms with van der Waals surface area (Å²) in [7, 11) is 0. The number of carbonyl (C=O) groups is 2. The summed E-state index contributed by atoms with van der Waals surface area (Å²) in [6.07, 6.45) is 0. The molecule has 1 aromatic heterocycles. The molecule has 0 aliphatic rings. The van der Waals surface area contributed by atoms with Crippen LogP contribution in [0, 0.1) is 6.92 Å². The summed E-state index contributed by atoms with van der Waals surface area (Å²) in [5.74, 6) is -1.35. The number of halogens is 2. The quantitative estimate of drug-likeness (QED) is 0.678. The van der Waals surface area contributed by atoms with Gasteiger partial charge in [-0.25, -0.2) is 9.59 Å². The lowest BCUT2D eigenvalue weighted by Crippen LogP contribution is -2.20. The van der Waals surface area contributed by atoms with Crippen molar-refractivity contribution in [1.29, 1.82) is 0 Å². The molecule has 2 aromatic rings. The van der Waals surface area contributed by atoms with Crippen molar-refractivity contribution in [3.05, 3.63) is 50.8 Å². The van der Waals surface area contributed by atoms with Gasteiger partial charge in [0.05, 0.1) is 17.3 Å². The van der Waals surface area contributed by atoms with E-state index < -0.39 is 18.0 Å². The molecule has 0 saturated heterocycles. The van der Waals surface area contributed by atoms with Crippen LogP contribution in [0.25, 0.3) is 0 Å². The number of esters is 1. The van der Waals surface area contributed by atoms with E-state index >= 15 is 0 Å². The number of anilines is 1. The summed E-state index contributed by atoms with van der Waals surface area (Å²) in [6.45, 7) is 3.47. The predicted molar refractivity (Wildman–Crippen MR) is 92.6 cm³/mol. The number of hydrogen-bond donors (Lipinski definition) is 2. The van der Waals surface area contributed by atoms with Gasteiger partial charge in [-0.2, -0.15) is 0 Å². The van der Waals surface area contributed by atoms with E-state index in [1.807, 2.05) is 0 Å². The minimum Gasteiger partial charge on any atom is -0.479 e. The summed E-state index contributed by atoms with van der Waals surface area (Å²) < 4.78 is 11.1. The Labute approximate surface area is 151 Å². The molecule has 6 nitrogen and oxygen atoms in total. The average Bonchev–Trinajstić information content (AvgIpc) is 2.88. The molecular formula is C16H15BrClNO5. The normalized spacial score (nSPS) is 11.8. The molecule has 0 aliphatic carbocycles. The highest BCUT2D eigenvalue weighted by Gasteiger charge is 2.27. The van der Waals surface area contributed by atoms with Crippen molar-refractivity contribution in [1.82, 2.24) is 0 Å². The minimum atomic E-state index is -1.20. The van der Waals surface area contributed by atoms with Crippen molar-refractivity contribution in [3.8, 4) is 0 Å². The summed E-state index contributed by atoms with van der Waals surface area (Å²) in [4.78, 5) is 23.5. The Morgan fingerprint density at radius 1 is 1.42 bits per heavy atom. The minimum absolute atomic E-state index is 0.0852. The highest BCUT2D eigenvalue weighted by atomic mass is 79.9. The second-order valence-electron chi connectivity index (χ2n) is 4.88. The van der Waals surface area contributed by atoms with Gasteiger partial charge in [0.1, 0.15) is 17.1 Å². The molecule has 128 valence electrons. The van der Waals surface area contributed by atoms with Gasteiger partial charge < -0.3 is 19.6 Å². The zero-order valence-corrected chi connectivity index (χ0v) is 15.3. The van der Waals surface area contributed by atoms with Crippen molar-refractivity contribution in [3.63, 3.8) is 0 Å². The van der Waals surface area contributed by atoms with Gasteiger partial charge in [0.15, 0.2) is 6.04 Å². The second-order valence-corrected chi connectivity index (χ2v) is 6.20. The fourth-order valence-electron chi connectivity index (χ4n) is 2.08. The van der Waals surface area contributed by atoms with Gasteiger partial charge in [0.25, 0.3) is 0 Å². The lowest BCUT2D eigenvalue weighted by molar-refractivity contribution is -0.138. The predicted octanol–water partition coefficient (Wildman–Crippen LogP) is 4.42. The molecule has 2 rings (SSSR count). The van der Waals surface area contributed by atoms with Gasteiger partial charge in [-0.3, -0.25) is 0 Å². The third-order valence-corrected chi connectivity index (χ3v) is 4.00. The maximum atomic E-state index is 11.8. The van der Waals surface area contributed by atoms with E-state index in [4.69, 9.17) is 20.8 Å². The number of benzene rings is 1. The highest BCUT2D eigenvalue weighted by molar-refractivity contribution is 9.10. The van der Waals surface area contributed by atoms with Crippen LogP contribution in [0.1, 0.15) is 34.8 Å². The Hall–Kier alpha value is -1.99. The van der Waals surface area contributed by atoms with Crippen molar-refractivity contribution < 1.29 is 23.8 Å². The largest absolute Gasteiger partial charge is 0.479 e. The van der Waals surface area contributed by atoms with Gasteiger partial charge in [-0.1, -0.05) is 27.5 Å². The van der Waals surface area contributed by atoms with Crippen molar-refractivity contribution in [2.75, 3.05) is 11.9 Å². The molecule has 0 fully saturated rings. The van der Waals surface area contributed by atoms with Crippen LogP contribution in [-0.4, -0.2) is 23.7 Å². The Bertz CT molecular complexity index is 774. The number of carbonyl (C=O) groups excluding carboxylic acids is 1. The average molecular weight is 417 g/mol. The molecular weight excluding hydrogens is 402 g/mol. The number of carboxylic acids is 1. The summed E-state index contributed by atoms with van der Waals surface area (Å²) in [5.41, 5.74) is 0.626. The van der Waals surface area contributed by atoms with Gasteiger partial charge in [0, 0.05) is 4.47 Å². The zero-order valence-electron chi connectivity index (χ0n) is 12.9. The highest BCUT2D eigenvalue weighted by Crippen LogP contribution is 2.30. The molecule has 0 spiro atoms. The van der Waals surface area contributed by atoms with Crippen LogP contribution in [0.3, 0.4) is 0 Å². The van der Waals surface area contributed by atoms with Crippen LogP contribution in [0.5, 0.6) is 0 Å². The first kappa shape index (κ1) is 18.4. The molecule has 0 aliphatic heterocycles. The first-order valence-corrected chi connectivity index (χ1v) is 8.22. The SMILES string of the molecule is CCOC(=O)c1cc(C(Nc2ccc(Br)cc2Cl)C(=O)O)oc1C. The number of ether oxygens (including phenoxy) is 1. The Kier molecular flexibility index (Phi) is 5.90. The number of nitrogens with one attached hydrogen (secondary N) is 1. The van der Waals surface area contributed by atoms with E-state index in [0.29, 0.717) is 16.5 Å². The first-order chi connectivity index (χ1) is 11.3. The van der Waals surface area contributed by atoms with Crippen LogP contribution in [-0.2, 0) is 9.53 Å². The van der Waals surface area contributed by atoms with Crippen molar-refractivity contribution in [2.45, 2.75) is 19.9 Å². The maximum Gasteiger partial charge on any atom is 0.341 e. The molecule has 1 heterocycles. The summed E-state index contributed by atoms with van der Waals surface area (Å²) in [5, 5.41) is 12.6. The number of carboxylic acid groups (broad SMARTS) is 1. The third kappa shape index (κ3) is 4.10. The van der Waals surface area contributed by atoms with Crippen LogP contribution in [0.15, 0.2) is 33.2 Å². The van der Waals surface area contributed by atoms with E-state index in [1.54, 1.807) is 32.0 Å². The summed E-state index contributed by atoms with van der Waals surface area (Å²) in [6, 6.07) is 5.17. The Morgan fingerprint density at radius 3 is 2.71 bits per heavy atom. The zero-order chi connectivity index (χ0) is 17.9. The lowest BCUT2D eigenvalue weighted by atomic mass is 10.1. The number of rotatable bonds is 6. The molecule has 0 amide bonds. The van der Waals surface area contributed by atoms with E-state index in [-0.39, 0.29) is 17.9 Å². The number of furan rings is 1. The van der Waals surface area contributed by atoms with Gasteiger partial charge in [0.2, 0.25) is 0 Å². The smallest absolute Gasteiger partial charge is 0.341 e. The van der Waals surface area contributed by atoms with Crippen LogP contribution >= 0.6 is 27.5 Å². The first-order valence-electron chi connectivity index (χ1n) is 7.05. The fourth-order valence-corrected chi connectivity index (χ4v) is 2.80. The van der Waals surface area contributed by atoms with E-state index in [1.165, 1.54) is 6.07 Å². The van der Waals surface area contributed by atoms with E-state index in [9.17, 15) is 14.7 Å². The maximum absolute atomic E-state index is 11.8. The molecule has 0 radical (unpaired) electrons. The molecule has 0 saturated carbocycles. The third-order valence-electron chi connectivity index (χ3n) is 3.19. The fraction of sp³-hybridized carbons (Fsp3) is 0.250. The Morgan fingerprint density at radius 2 is 2.12 bits per heavy atom. The van der Waals surface area contributed by atoms with Crippen molar-refractivity contribution in [2.24, 2.45) is 0 Å². The van der Waals surface area contributed by atoms with E-state index in [2.05, 4.69) is 21.2 Å². The monoisotopic (exact) mass is 415 g/mol. The topological polar surface area (TPSA) is 88.8 Å². The molecule has 24 heavy (non-hydrogen) atoms. The number of aliphatic carboxylic acids is 1. The molecule has 1 aromatic carbocycles. The number of aryl methyl sites for hydroxylation is 1. The lowest BCUT2D eigenvalue weighted by Gasteiger charge is -2.15. The standard InChI is InChI=1S/C16H15BrClNO5/c1-3-23-16(22)10-7-13(24-8(10)2)14(15(20)21)19-12-5-4-9(17)6-11(12)18/h4-7,14,19H,3H2,1-2H3,(H,20,21). The Balaban J connectivity index is 2.33. The van der Waals surface area contributed by atoms with Gasteiger partial charge >= 0.3 is 11.9 Å². The van der Waals surface area contributed by atoms with Crippen LogP contribution in [0.4, 0.5) is 5.69 Å². The van der Waals surface area contributed by atoms with Gasteiger partial charge in [-0.15, -0.1) is 0 Å². The van der Waals surface area contributed by atoms with E-state index in [0.717, 1.165) is 4.47 Å². The van der Waals surface area contributed by atoms with Crippen molar-refractivity contribution >= 4 is 45.2 Å². The molecule has 2 N–H and O–H groups in total. The van der Waals surface area contributed by atoms with Gasteiger partial charge in [-0.05, 0) is 38.1 Å².